The van der Waals surface area contributed by atoms with Crippen LogP contribution in [0.25, 0.3) is 11.5 Å². The van der Waals surface area contributed by atoms with Crippen molar-refractivity contribution >= 4 is 5.91 Å². The molecule has 1 amide bonds. The van der Waals surface area contributed by atoms with Crippen LogP contribution in [0.3, 0.4) is 0 Å². The van der Waals surface area contributed by atoms with Crippen molar-refractivity contribution in [3.8, 4) is 11.5 Å². The molecule has 2 aromatic heterocycles. The summed E-state index contributed by atoms with van der Waals surface area (Å²) in [5.74, 6) is 0.636. The number of nitrogens with zero attached hydrogens (tertiary/aromatic N) is 1. The van der Waals surface area contributed by atoms with Crippen molar-refractivity contribution in [2.24, 2.45) is 5.92 Å². The number of hydrogen-bond acceptors (Lipinski definition) is 4. The number of nitrogens with one attached hydrogen (secondary N) is 2. The van der Waals surface area contributed by atoms with E-state index in [9.17, 15) is 4.79 Å². The third kappa shape index (κ3) is 3.45. The third-order valence-electron chi connectivity index (χ3n) is 2.83. The largest absolute Gasteiger partial charge is 0.463 e. The predicted octanol–water partition coefficient (Wildman–Crippen LogP) is 1.42. The maximum atomic E-state index is 11.8. The highest BCUT2D eigenvalue weighted by atomic mass is 16.3. The Morgan fingerprint density at radius 3 is 3.16 bits per heavy atom. The van der Waals surface area contributed by atoms with Crippen molar-refractivity contribution in [2.75, 3.05) is 13.2 Å². The van der Waals surface area contributed by atoms with Crippen molar-refractivity contribution < 1.29 is 14.3 Å². The Morgan fingerprint density at radius 1 is 1.63 bits per heavy atom. The number of aliphatic hydroxyl groups is 1. The zero-order valence-electron chi connectivity index (χ0n) is 10.7. The van der Waals surface area contributed by atoms with Gasteiger partial charge >= 0.3 is 0 Å². The average Bonchev–Trinajstić information content (AvgIpc) is 3.06. The zero-order chi connectivity index (χ0) is 13.7. The molecule has 0 aliphatic rings. The molecule has 6 heteroatoms. The van der Waals surface area contributed by atoms with Gasteiger partial charge < -0.3 is 14.8 Å². The van der Waals surface area contributed by atoms with Gasteiger partial charge in [-0.3, -0.25) is 9.89 Å². The molecule has 0 radical (unpaired) electrons. The smallest absolute Gasteiger partial charge is 0.271 e. The molecule has 0 saturated heterocycles. The molecule has 1 atom stereocenters. The summed E-state index contributed by atoms with van der Waals surface area (Å²) in [6.45, 7) is 2.61. The summed E-state index contributed by atoms with van der Waals surface area (Å²) in [5.41, 5.74) is 0.987. The molecule has 0 aliphatic heterocycles. The van der Waals surface area contributed by atoms with E-state index in [-0.39, 0.29) is 18.4 Å². The van der Waals surface area contributed by atoms with Gasteiger partial charge in [0.1, 0.15) is 5.69 Å². The van der Waals surface area contributed by atoms with Gasteiger partial charge in [0, 0.05) is 19.2 Å². The summed E-state index contributed by atoms with van der Waals surface area (Å²) in [4.78, 5) is 11.8. The molecule has 0 aromatic carbocycles. The summed E-state index contributed by atoms with van der Waals surface area (Å²) in [6.07, 6.45) is 2.23. The van der Waals surface area contributed by atoms with E-state index in [1.165, 1.54) is 0 Å². The molecule has 6 nitrogen and oxygen atoms in total. The molecule has 0 fully saturated rings. The molecule has 3 N–H and O–H groups in total. The molecule has 1 unspecified atom stereocenters. The highest BCUT2D eigenvalue weighted by molar-refractivity contribution is 5.93. The van der Waals surface area contributed by atoms with E-state index in [4.69, 9.17) is 9.52 Å². The molecular weight excluding hydrogens is 246 g/mol. The lowest BCUT2D eigenvalue weighted by atomic mass is 10.1. The summed E-state index contributed by atoms with van der Waals surface area (Å²) in [7, 11) is 0. The Morgan fingerprint density at radius 2 is 2.47 bits per heavy atom. The van der Waals surface area contributed by atoms with Crippen LogP contribution < -0.4 is 5.32 Å². The molecule has 0 bridgehead atoms. The molecule has 0 aliphatic carbocycles. The summed E-state index contributed by atoms with van der Waals surface area (Å²) >= 11 is 0. The number of furan rings is 1. The van der Waals surface area contributed by atoms with Crippen molar-refractivity contribution in [2.45, 2.75) is 13.3 Å². The minimum atomic E-state index is -0.237. The van der Waals surface area contributed by atoms with Gasteiger partial charge in [-0.15, -0.1) is 0 Å². The lowest BCUT2D eigenvalue weighted by Crippen LogP contribution is -2.28. The Balaban J connectivity index is 1.93. The first-order valence-electron chi connectivity index (χ1n) is 6.19. The first-order chi connectivity index (χ1) is 9.20. The number of aromatic nitrogens is 2. The first-order valence-corrected chi connectivity index (χ1v) is 6.19. The number of aromatic amines is 1. The van der Waals surface area contributed by atoms with Gasteiger partial charge in [0.2, 0.25) is 0 Å². The highest BCUT2D eigenvalue weighted by Crippen LogP contribution is 2.17. The molecular formula is C13H17N3O3. The monoisotopic (exact) mass is 263 g/mol. The topological polar surface area (TPSA) is 91.1 Å². The maximum Gasteiger partial charge on any atom is 0.271 e. The second-order valence-corrected chi connectivity index (χ2v) is 4.47. The van der Waals surface area contributed by atoms with Gasteiger partial charge in [0.25, 0.3) is 5.91 Å². The summed E-state index contributed by atoms with van der Waals surface area (Å²) in [6, 6.07) is 5.20. The normalized spacial score (nSPS) is 12.3. The number of carbonyl (C=O) groups excluding carboxylic acids is 1. The summed E-state index contributed by atoms with van der Waals surface area (Å²) in [5, 5.41) is 18.3. The zero-order valence-corrected chi connectivity index (χ0v) is 10.7. The van der Waals surface area contributed by atoms with Crippen LogP contribution in [0.2, 0.25) is 0 Å². The average molecular weight is 263 g/mol. The van der Waals surface area contributed by atoms with Crippen molar-refractivity contribution in [1.29, 1.82) is 0 Å². The van der Waals surface area contributed by atoms with Crippen molar-refractivity contribution in [3.05, 3.63) is 30.2 Å². The van der Waals surface area contributed by atoms with Crippen LogP contribution in [-0.4, -0.2) is 34.4 Å². The Labute approximate surface area is 110 Å². The van der Waals surface area contributed by atoms with E-state index in [2.05, 4.69) is 15.5 Å². The van der Waals surface area contributed by atoms with Gasteiger partial charge in [-0.05, 0) is 24.5 Å². The van der Waals surface area contributed by atoms with Crippen molar-refractivity contribution in [1.82, 2.24) is 15.5 Å². The van der Waals surface area contributed by atoms with E-state index < -0.39 is 0 Å². The van der Waals surface area contributed by atoms with E-state index in [1.54, 1.807) is 24.5 Å². The molecule has 2 rings (SSSR count). The number of amides is 1. The fourth-order valence-electron chi connectivity index (χ4n) is 1.68. The van der Waals surface area contributed by atoms with Crippen LogP contribution in [0.4, 0.5) is 0 Å². The van der Waals surface area contributed by atoms with E-state index in [0.717, 1.165) is 0 Å². The van der Waals surface area contributed by atoms with Crippen molar-refractivity contribution in [3.63, 3.8) is 0 Å². The number of rotatable bonds is 6. The minimum Gasteiger partial charge on any atom is -0.463 e. The fourth-order valence-corrected chi connectivity index (χ4v) is 1.68. The quantitative estimate of drug-likeness (QED) is 0.735. The first kappa shape index (κ1) is 13.4. The van der Waals surface area contributed by atoms with Gasteiger partial charge in [0.05, 0.1) is 6.26 Å². The molecule has 0 spiro atoms. The predicted molar refractivity (Wildman–Crippen MR) is 69.5 cm³/mol. The van der Waals surface area contributed by atoms with Gasteiger partial charge in [-0.2, -0.15) is 5.10 Å². The molecule has 19 heavy (non-hydrogen) atoms. The second-order valence-electron chi connectivity index (χ2n) is 4.47. The number of H-pyrrole nitrogens is 1. The number of carbonyl (C=O) groups is 1. The number of hydrogen-bond donors (Lipinski definition) is 3. The molecule has 102 valence electrons. The summed E-state index contributed by atoms with van der Waals surface area (Å²) < 4.78 is 5.21. The molecule has 0 saturated carbocycles. The fraction of sp³-hybridized carbons (Fsp3) is 0.385. The Kier molecular flexibility index (Phi) is 4.35. The van der Waals surface area contributed by atoms with Gasteiger partial charge in [-0.1, -0.05) is 6.92 Å². The van der Waals surface area contributed by atoms with Crippen LogP contribution in [0, 0.1) is 5.92 Å². The maximum absolute atomic E-state index is 11.8. The lowest BCUT2D eigenvalue weighted by molar-refractivity contribution is 0.0940. The molecule has 2 aromatic rings. The Hall–Kier alpha value is -2.08. The highest BCUT2D eigenvalue weighted by Gasteiger charge is 2.13. The number of aliphatic hydroxyl groups excluding tert-OH is 1. The van der Waals surface area contributed by atoms with Crippen LogP contribution >= 0.6 is 0 Å². The second kappa shape index (κ2) is 6.19. The van der Waals surface area contributed by atoms with E-state index >= 15 is 0 Å². The van der Waals surface area contributed by atoms with E-state index in [1.807, 2.05) is 6.92 Å². The Bertz CT molecular complexity index is 519. The standard InChI is InChI=1S/C13H17N3O3/c1-9(4-5-17)8-14-13(18)11-7-10(15-16-11)12-3-2-6-19-12/h2-3,6-7,9,17H,4-5,8H2,1H3,(H,14,18)(H,15,16). The van der Waals surface area contributed by atoms with Gasteiger partial charge in [0.15, 0.2) is 11.5 Å². The van der Waals surface area contributed by atoms with Crippen LogP contribution in [0.1, 0.15) is 23.8 Å². The third-order valence-corrected chi connectivity index (χ3v) is 2.83. The van der Waals surface area contributed by atoms with Gasteiger partial charge in [-0.25, -0.2) is 0 Å². The SMILES string of the molecule is CC(CCO)CNC(=O)c1cc(-c2ccco2)[nH]n1. The van der Waals surface area contributed by atoms with Crippen LogP contribution in [0.15, 0.2) is 28.9 Å². The van der Waals surface area contributed by atoms with Crippen LogP contribution in [-0.2, 0) is 0 Å². The van der Waals surface area contributed by atoms with E-state index in [0.29, 0.717) is 30.1 Å². The minimum absolute atomic E-state index is 0.127. The molecule has 2 heterocycles. The van der Waals surface area contributed by atoms with Crippen LogP contribution in [0.5, 0.6) is 0 Å². The lowest BCUT2D eigenvalue weighted by Gasteiger charge is -2.09.